The van der Waals surface area contributed by atoms with Gasteiger partial charge in [0.25, 0.3) is 0 Å². The van der Waals surface area contributed by atoms with Crippen molar-refractivity contribution in [3.05, 3.63) is 0 Å². The van der Waals surface area contributed by atoms with E-state index in [9.17, 15) is 4.79 Å². The minimum Gasteiger partial charge on any atom is -0.449 e. The number of rotatable bonds is 4. The summed E-state index contributed by atoms with van der Waals surface area (Å²) in [5.41, 5.74) is -0.889. The van der Waals surface area contributed by atoms with Crippen LogP contribution in [0.5, 0.6) is 0 Å². The van der Waals surface area contributed by atoms with E-state index >= 15 is 0 Å². The Labute approximate surface area is 108 Å². The Kier molecular flexibility index (Phi) is 4.72. The van der Waals surface area contributed by atoms with Crippen LogP contribution in [0.3, 0.4) is 0 Å². The average Bonchev–Trinajstić information content (AvgIpc) is 2.43. The highest BCUT2D eigenvalue weighted by molar-refractivity contribution is 7.98. The van der Waals surface area contributed by atoms with Crippen LogP contribution in [0.4, 0.5) is 4.79 Å². The van der Waals surface area contributed by atoms with E-state index in [1.165, 1.54) is 0 Å². The highest BCUT2D eigenvalue weighted by atomic mass is 32.2. The fourth-order valence-electron chi connectivity index (χ4n) is 2.11. The molecule has 100 valence electrons. The molecule has 1 aliphatic rings. The first-order chi connectivity index (χ1) is 7.81. The molecule has 0 aromatic carbocycles. The van der Waals surface area contributed by atoms with Gasteiger partial charge in [0.1, 0.15) is 5.72 Å². The molecule has 17 heavy (non-hydrogen) atoms. The second-order valence-corrected chi connectivity index (χ2v) is 6.33. The van der Waals surface area contributed by atoms with Crippen LogP contribution in [0.1, 0.15) is 34.1 Å². The minimum absolute atomic E-state index is 0.279. The Hall–Kier alpha value is -0.420. The van der Waals surface area contributed by atoms with Gasteiger partial charge < -0.3 is 9.47 Å². The summed E-state index contributed by atoms with van der Waals surface area (Å²) in [6.07, 6.45) is 2.66. The smallest absolute Gasteiger partial charge is 0.412 e. The lowest BCUT2D eigenvalue weighted by atomic mass is 10.0. The van der Waals surface area contributed by atoms with Crippen LogP contribution in [0.15, 0.2) is 0 Å². The van der Waals surface area contributed by atoms with Crippen molar-refractivity contribution in [2.45, 2.75) is 45.4 Å². The van der Waals surface area contributed by atoms with E-state index in [0.717, 1.165) is 12.2 Å². The molecule has 0 spiro atoms. The molecule has 0 unspecified atom stereocenters. The summed E-state index contributed by atoms with van der Waals surface area (Å²) >= 11 is 1.76. The third kappa shape index (κ3) is 3.52. The van der Waals surface area contributed by atoms with Crippen LogP contribution in [0.2, 0.25) is 0 Å². The second kappa shape index (κ2) is 5.48. The van der Waals surface area contributed by atoms with E-state index < -0.39 is 5.72 Å². The Morgan fingerprint density at radius 3 is 2.53 bits per heavy atom. The molecular weight excluding hydrogens is 238 g/mol. The molecule has 1 saturated heterocycles. The number of nitrogens with zero attached hydrogens (tertiary/aromatic N) is 1. The number of amides is 1. The van der Waals surface area contributed by atoms with Crippen molar-refractivity contribution in [1.82, 2.24) is 4.90 Å². The predicted octanol–water partition coefficient (Wildman–Crippen LogP) is 2.72. The monoisotopic (exact) mass is 261 g/mol. The summed E-state index contributed by atoms with van der Waals surface area (Å²) in [7, 11) is 0. The SMILES string of the molecule is CSCCCOC(=O)N1C(C)(C)COC1(C)C. The van der Waals surface area contributed by atoms with Crippen molar-refractivity contribution < 1.29 is 14.3 Å². The zero-order chi connectivity index (χ0) is 13.1. The first kappa shape index (κ1) is 14.6. The molecule has 0 N–H and O–H groups in total. The Bertz CT molecular complexity index is 263. The largest absolute Gasteiger partial charge is 0.449 e. The highest BCUT2D eigenvalue weighted by Crippen LogP contribution is 2.34. The summed E-state index contributed by atoms with van der Waals surface area (Å²) in [6.45, 7) is 8.79. The Morgan fingerprint density at radius 1 is 1.41 bits per heavy atom. The first-order valence-electron chi connectivity index (χ1n) is 5.91. The Morgan fingerprint density at radius 2 is 2.06 bits per heavy atom. The number of hydrogen-bond acceptors (Lipinski definition) is 4. The lowest BCUT2D eigenvalue weighted by Crippen LogP contribution is -2.52. The van der Waals surface area contributed by atoms with Gasteiger partial charge in [-0.3, -0.25) is 4.90 Å². The summed E-state index contributed by atoms with van der Waals surface area (Å²) < 4.78 is 10.9. The van der Waals surface area contributed by atoms with Crippen LogP contribution < -0.4 is 0 Å². The van der Waals surface area contributed by atoms with Gasteiger partial charge >= 0.3 is 6.09 Å². The summed E-state index contributed by atoms with van der Waals surface area (Å²) in [6, 6.07) is 0. The lowest BCUT2D eigenvalue weighted by Gasteiger charge is -2.36. The fourth-order valence-corrected chi connectivity index (χ4v) is 2.51. The van der Waals surface area contributed by atoms with Gasteiger partial charge in [-0.25, -0.2) is 4.79 Å². The zero-order valence-corrected chi connectivity index (χ0v) is 12.2. The van der Waals surface area contributed by atoms with E-state index in [4.69, 9.17) is 9.47 Å². The van der Waals surface area contributed by atoms with Gasteiger partial charge in [0.2, 0.25) is 0 Å². The molecule has 1 rings (SSSR count). The molecule has 0 bridgehead atoms. The van der Waals surface area contributed by atoms with Crippen LogP contribution >= 0.6 is 11.8 Å². The molecule has 0 aromatic heterocycles. The van der Waals surface area contributed by atoms with Gasteiger partial charge in [0.15, 0.2) is 0 Å². The molecule has 1 heterocycles. The molecule has 5 heteroatoms. The molecule has 0 aliphatic carbocycles. The van der Waals surface area contributed by atoms with Crippen LogP contribution in [0, 0.1) is 0 Å². The Balaban J connectivity index is 2.54. The van der Waals surface area contributed by atoms with Crippen molar-refractivity contribution in [2.24, 2.45) is 0 Å². The summed E-state index contributed by atoms with van der Waals surface area (Å²) in [5.74, 6) is 1.01. The van der Waals surface area contributed by atoms with E-state index in [1.807, 2.05) is 34.0 Å². The van der Waals surface area contributed by atoms with Gasteiger partial charge in [-0.05, 0) is 46.1 Å². The maximum Gasteiger partial charge on any atom is 0.412 e. The quantitative estimate of drug-likeness (QED) is 0.729. The highest BCUT2D eigenvalue weighted by Gasteiger charge is 2.49. The van der Waals surface area contributed by atoms with E-state index in [-0.39, 0.29) is 11.6 Å². The molecule has 1 amide bonds. The third-order valence-electron chi connectivity index (χ3n) is 2.82. The predicted molar refractivity (Wildman–Crippen MR) is 70.3 cm³/mol. The number of carbonyl (C=O) groups is 1. The lowest BCUT2D eigenvalue weighted by molar-refractivity contribution is -0.0516. The van der Waals surface area contributed by atoms with Crippen molar-refractivity contribution in [3.8, 4) is 0 Å². The number of hydrogen-bond donors (Lipinski definition) is 0. The fraction of sp³-hybridized carbons (Fsp3) is 0.917. The summed E-state index contributed by atoms with van der Waals surface area (Å²) in [4.78, 5) is 13.8. The van der Waals surface area contributed by atoms with Crippen LogP contribution in [-0.2, 0) is 9.47 Å². The molecule has 1 fully saturated rings. The number of ether oxygens (including phenoxy) is 2. The molecule has 0 radical (unpaired) electrons. The van der Waals surface area contributed by atoms with Crippen molar-refractivity contribution in [2.75, 3.05) is 25.2 Å². The third-order valence-corrected chi connectivity index (χ3v) is 3.52. The molecular formula is C12H23NO3S. The second-order valence-electron chi connectivity index (χ2n) is 5.34. The first-order valence-corrected chi connectivity index (χ1v) is 7.30. The van der Waals surface area contributed by atoms with E-state index in [1.54, 1.807) is 16.7 Å². The molecule has 0 aromatic rings. The van der Waals surface area contributed by atoms with E-state index in [2.05, 4.69) is 0 Å². The molecule has 4 nitrogen and oxygen atoms in total. The van der Waals surface area contributed by atoms with Crippen LogP contribution in [-0.4, -0.2) is 47.5 Å². The number of thioether (sulfide) groups is 1. The topological polar surface area (TPSA) is 38.8 Å². The standard InChI is InChI=1S/C12H23NO3S/c1-11(2)9-16-12(3,4)13(11)10(14)15-7-6-8-17-5/h6-9H2,1-5H3. The van der Waals surface area contributed by atoms with Gasteiger partial charge in [-0.15, -0.1) is 0 Å². The molecule has 0 saturated carbocycles. The number of carbonyl (C=O) groups excluding carboxylic acids is 1. The van der Waals surface area contributed by atoms with Crippen LogP contribution in [0.25, 0.3) is 0 Å². The molecule has 1 aliphatic heterocycles. The van der Waals surface area contributed by atoms with Gasteiger partial charge in [0.05, 0.1) is 18.8 Å². The van der Waals surface area contributed by atoms with Gasteiger partial charge in [-0.1, -0.05) is 0 Å². The normalized spacial score (nSPS) is 21.6. The van der Waals surface area contributed by atoms with Crippen molar-refractivity contribution >= 4 is 17.9 Å². The van der Waals surface area contributed by atoms with E-state index in [0.29, 0.717) is 13.2 Å². The zero-order valence-electron chi connectivity index (χ0n) is 11.4. The van der Waals surface area contributed by atoms with Crippen molar-refractivity contribution in [3.63, 3.8) is 0 Å². The maximum absolute atomic E-state index is 12.1. The maximum atomic E-state index is 12.1. The summed E-state index contributed by atoms with van der Waals surface area (Å²) in [5, 5.41) is 0. The van der Waals surface area contributed by atoms with Gasteiger partial charge in [-0.2, -0.15) is 11.8 Å². The van der Waals surface area contributed by atoms with Gasteiger partial charge in [0, 0.05) is 0 Å². The minimum atomic E-state index is -0.583. The van der Waals surface area contributed by atoms with Crippen molar-refractivity contribution in [1.29, 1.82) is 0 Å². The average molecular weight is 261 g/mol. The molecule has 0 atom stereocenters.